The summed E-state index contributed by atoms with van der Waals surface area (Å²) in [7, 11) is 0. The molecule has 0 bridgehead atoms. The fourth-order valence-corrected chi connectivity index (χ4v) is 4.52. The number of β-amino-alcohol motifs (C(OH)–C–C–N with tert-alkyl or cyclic N) is 1. The van der Waals surface area contributed by atoms with Crippen LogP contribution in [0.1, 0.15) is 11.1 Å². The van der Waals surface area contributed by atoms with Crippen molar-refractivity contribution >= 4 is 5.69 Å². The summed E-state index contributed by atoms with van der Waals surface area (Å²) in [4.78, 5) is 3.76. The summed E-state index contributed by atoms with van der Waals surface area (Å²) in [6, 6.07) is 2.05. The lowest BCUT2D eigenvalue weighted by molar-refractivity contribution is 0.0136. The largest absolute Gasteiger partial charge is 0.506 e. The second-order valence-corrected chi connectivity index (χ2v) is 8.49. The molecule has 2 aliphatic rings. The van der Waals surface area contributed by atoms with Crippen LogP contribution in [0.2, 0.25) is 0 Å². The summed E-state index contributed by atoms with van der Waals surface area (Å²) < 4.78 is 14.8. The van der Waals surface area contributed by atoms with Crippen molar-refractivity contribution in [3.8, 4) is 23.3 Å². The number of phenolic OH excluding ortho intramolecular Hbond substituents is 2. The van der Waals surface area contributed by atoms with E-state index in [1.54, 1.807) is 4.90 Å². The van der Waals surface area contributed by atoms with Gasteiger partial charge < -0.3 is 40.6 Å². The predicted molar refractivity (Wildman–Crippen MR) is 112 cm³/mol. The van der Waals surface area contributed by atoms with Crippen LogP contribution in [0, 0.1) is 5.82 Å². The van der Waals surface area contributed by atoms with E-state index < -0.39 is 29.9 Å². The smallest absolute Gasteiger partial charge is 0.197 e. The third kappa shape index (κ3) is 4.16. The van der Waals surface area contributed by atoms with E-state index in [9.17, 15) is 40.1 Å². The molecule has 7 N–H and O–H groups in total. The lowest BCUT2D eigenvalue weighted by Gasteiger charge is -2.37. The zero-order chi connectivity index (χ0) is 23.2. The molecule has 1 aliphatic heterocycles. The number of aliphatic hydroxyl groups excluding tert-OH is 3. The van der Waals surface area contributed by atoms with Gasteiger partial charge in [-0.05, 0) is 0 Å². The third-order valence-corrected chi connectivity index (χ3v) is 6.31. The average Bonchev–Trinajstić information content (AvgIpc) is 2.96. The number of benzene rings is 1. The Bertz CT molecular complexity index is 957. The maximum Gasteiger partial charge on any atom is 0.197 e. The lowest BCUT2D eigenvalue weighted by Crippen LogP contribution is -2.49. The molecule has 1 fully saturated rings. The highest BCUT2D eigenvalue weighted by Gasteiger charge is 2.34. The predicted octanol–water partition coefficient (Wildman–Crippen LogP) is -0.547. The number of nitrogens with zero attached hydrogens (tertiary/aromatic N) is 3. The van der Waals surface area contributed by atoms with Crippen LogP contribution >= 0.6 is 0 Å². The zero-order valence-electron chi connectivity index (χ0n) is 17.4. The van der Waals surface area contributed by atoms with Crippen LogP contribution < -0.4 is 4.90 Å². The van der Waals surface area contributed by atoms with Crippen LogP contribution in [0.5, 0.6) is 23.3 Å². The molecule has 1 aromatic heterocycles. The molecule has 0 saturated carbocycles. The minimum Gasteiger partial charge on any atom is -0.506 e. The molecule has 3 atom stereocenters. The Balaban J connectivity index is 1.36. The highest BCUT2D eigenvalue weighted by Crippen LogP contribution is 2.39. The van der Waals surface area contributed by atoms with Gasteiger partial charge in [-0.2, -0.15) is 0 Å². The first kappa shape index (κ1) is 22.5. The Morgan fingerprint density at radius 3 is 1.97 bits per heavy atom. The molecular weight excluding hydrogens is 425 g/mol. The van der Waals surface area contributed by atoms with Crippen molar-refractivity contribution in [1.29, 1.82) is 0 Å². The number of aromatic hydroxyl groups is 4. The Hall–Kier alpha value is -2.73. The van der Waals surface area contributed by atoms with Gasteiger partial charge in [0.1, 0.15) is 5.75 Å². The van der Waals surface area contributed by atoms with Gasteiger partial charge >= 0.3 is 0 Å². The van der Waals surface area contributed by atoms with Gasteiger partial charge in [-0.3, -0.25) is 9.47 Å². The second kappa shape index (κ2) is 8.66. The van der Waals surface area contributed by atoms with Crippen molar-refractivity contribution in [3.63, 3.8) is 0 Å². The molecule has 4 rings (SSSR count). The highest BCUT2D eigenvalue weighted by molar-refractivity contribution is 5.60. The van der Waals surface area contributed by atoms with E-state index in [2.05, 4.69) is 0 Å². The van der Waals surface area contributed by atoms with Crippen molar-refractivity contribution < 1.29 is 40.1 Å². The quantitative estimate of drug-likeness (QED) is 0.316. The van der Waals surface area contributed by atoms with Gasteiger partial charge in [0.25, 0.3) is 0 Å². The number of aliphatic hydroxyl groups is 3. The molecule has 3 unspecified atom stereocenters. The number of aromatic nitrogens is 1. The summed E-state index contributed by atoms with van der Waals surface area (Å²) in [6.45, 7) is 2.18. The first-order valence-electron chi connectivity index (χ1n) is 10.5. The first-order valence-corrected chi connectivity index (χ1v) is 10.5. The van der Waals surface area contributed by atoms with Crippen LogP contribution in [0.3, 0.4) is 0 Å². The van der Waals surface area contributed by atoms with Gasteiger partial charge in [0.05, 0.1) is 30.5 Å². The SMILES string of the molecule is Oc1cc(O)c(N2CCN(CC(O)Cn3c(O)c4c(c3O)CC(O)C(O)C4)CC2)cc1F. The zero-order valence-corrected chi connectivity index (χ0v) is 17.4. The topological polar surface area (TPSA) is 153 Å². The van der Waals surface area contributed by atoms with E-state index in [-0.39, 0.29) is 49.1 Å². The maximum absolute atomic E-state index is 13.7. The summed E-state index contributed by atoms with van der Waals surface area (Å²) in [5.74, 6) is -2.09. The van der Waals surface area contributed by atoms with Crippen LogP contribution in [-0.4, -0.2) is 96.2 Å². The Kier molecular flexibility index (Phi) is 6.08. The van der Waals surface area contributed by atoms with Crippen molar-refractivity contribution in [2.75, 3.05) is 37.6 Å². The van der Waals surface area contributed by atoms with Crippen molar-refractivity contribution in [1.82, 2.24) is 9.47 Å². The molecule has 0 amide bonds. The van der Waals surface area contributed by atoms with Crippen LogP contribution in [0.4, 0.5) is 10.1 Å². The van der Waals surface area contributed by atoms with E-state index in [0.29, 0.717) is 37.3 Å². The van der Waals surface area contributed by atoms with Gasteiger partial charge in [0, 0.05) is 68.8 Å². The molecule has 2 aromatic rings. The molecule has 0 radical (unpaired) electrons. The van der Waals surface area contributed by atoms with Crippen LogP contribution in [-0.2, 0) is 19.4 Å². The number of piperazine rings is 1. The Morgan fingerprint density at radius 2 is 1.41 bits per heavy atom. The van der Waals surface area contributed by atoms with Gasteiger partial charge in [0.2, 0.25) is 0 Å². The molecule has 176 valence electrons. The summed E-state index contributed by atoms with van der Waals surface area (Å²) in [5, 5.41) is 70.5. The number of hydrogen-bond donors (Lipinski definition) is 7. The number of rotatable bonds is 5. The third-order valence-electron chi connectivity index (χ3n) is 6.31. The molecule has 2 heterocycles. The molecule has 1 saturated heterocycles. The fourth-order valence-electron chi connectivity index (χ4n) is 4.52. The van der Waals surface area contributed by atoms with E-state index in [1.807, 2.05) is 4.90 Å². The summed E-state index contributed by atoms with van der Waals surface area (Å²) >= 11 is 0. The first-order chi connectivity index (χ1) is 15.2. The van der Waals surface area contributed by atoms with Gasteiger partial charge in [0.15, 0.2) is 23.3 Å². The number of halogens is 1. The number of fused-ring (bicyclic) bond motifs is 1. The normalized spacial score (nSPS) is 22.7. The Labute approximate surface area is 183 Å². The summed E-state index contributed by atoms with van der Waals surface area (Å²) in [6.07, 6.45) is -2.92. The minimum atomic E-state index is -1.02. The van der Waals surface area contributed by atoms with Crippen molar-refractivity contribution in [2.45, 2.75) is 37.7 Å². The van der Waals surface area contributed by atoms with Crippen molar-refractivity contribution in [2.24, 2.45) is 0 Å². The lowest BCUT2D eigenvalue weighted by atomic mass is 9.90. The number of anilines is 1. The van der Waals surface area contributed by atoms with E-state index in [4.69, 9.17) is 0 Å². The van der Waals surface area contributed by atoms with Gasteiger partial charge in [-0.25, -0.2) is 4.39 Å². The molecule has 10 nitrogen and oxygen atoms in total. The maximum atomic E-state index is 13.7. The van der Waals surface area contributed by atoms with Crippen LogP contribution in [0.15, 0.2) is 12.1 Å². The molecule has 1 aliphatic carbocycles. The van der Waals surface area contributed by atoms with E-state index >= 15 is 0 Å². The highest BCUT2D eigenvalue weighted by atomic mass is 19.1. The van der Waals surface area contributed by atoms with Crippen LogP contribution in [0.25, 0.3) is 0 Å². The van der Waals surface area contributed by atoms with Crippen molar-refractivity contribution in [3.05, 3.63) is 29.1 Å². The second-order valence-electron chi connectivity index (χ2n) is 8.49. The van der Waals surface area contributed by atoms with E-state index in [0.717, 1.165) is 12.1 Å². The minimum absolute atomic E-state index is 0.0195. The molecule has 0 spiro atoms. The van der Waals surface area contributed by atoms with Gasteiger partial charge in [-0.15, -0.1) is 0 Å². The molecular formula is C21H28FN3O7. The number of hydrogen-bond acceptors (Lipinski definition) is 9. The average molecular weight is 453 g/mol. The summed E-state index contributed by atoms with van der Waals surface area (Å²) in [5.41, 5.74) is 1.04. The Morgan fingerprint density at radius 1 is 0.844 bits per heavy atom. The molecule has 1 aromatic carbocycles. The fraction of sp³-hybridized carbons (Fsp3) is 0.524. The van der Waals surface area contributed by atoms with Gasteiger partial charge in [-0.1, -0.05) is 0 Å². The monoisotopic (exact) mass is 453 g/mol. The molecule has 11 heteroatoms. The number of phenols is 2. The molecule has 32 heavy (non-hydrogen) atoms. The van der Waals surface area contributed by atoms with E-state index in [1.165, 1.54) is 4.57 Å². The standard InChI is InChI=1S/C21H28FN3O7/c22-14-7-15(17(28)8-16(14)27)24-3-1-23(2-4-24)9-11(26)10-25-20(31)12-5-18(29)19(30)6-13(12)21(25)32/h7-8,11,18-19,26-32H,1-6,9-10H2.